The highest BCUT2D eigenvalue weighted by Gasteiger charge is 2.40. The Balaban J connectivity index is 2.60. The Morgan fingerprint density at radius 3 is 1.32 bits per heavy atom. The van der Waals surface area contributed by atoms with Gasteiger partial charge in [-0.15, -0.1) is 0 Å². The molecule has 3 nitrogen and oxygen atoms in total. The maximum atomic E-state index is 13.7. The van der Waals surface area contributed by atoms with Crippen LogP contribution in [0.3, 0.4) is 0 Å². The summed E-state index contributed by atoms with van der Waals surface area (Å²) in [6.07, 6.45) is -0.680. The zero-order valence-electron chi connectivity index (χ0n) is 14.8. The van der Waals surface area contributed by atoms with Gasteiger partial charge in [0.05, 0.1) is 12.2 Å². The molecule has 0 N–H and O–H groups in total. The number of benzene rings is 2. The van der Waals surface area contributed by atoms with E-state index in [1.54, 1.807) is 52.0 Å². The molecule has 0 atom stereocenters. The molecule has 25 heavy (non-hydrogen) atoms. The molecule has 2 rings (SSSR count). The molecule has 0 heterocycles. The van der Waals surface area contributed by atoms with Crippen LogP contribution >= 0.6 is 7.60 Å². The monoisotopic (exact) mass is 368 g/mol. The van der Waals surface area contributed by atoms with Crippen LogP contribution in [0, 0.1) is 11.6 Å². The zero-order chi connectivity index (χ0) is 18.6. The van der Waals surface area contributed by atoms with E-state index in [2.05, 4.69) is 0 Å². The lowest BCUT2D eigenvalue weighted by molar-refractivity contribution is 0.138. The Labute approximate surface area is 147 Å². The fourth-order valence-electron chi connectivity index (χ4n) is 2.58. The molecule has 0 aliphatic carbocycles. The van der Waals surface area contributed by atoms with Gasteiger partial charge < -0.3 is 9.05 Å². The van der Waals surface area contributed by atoms with Gasteiger partial charge in [-0.25, -0.2) is 8.78 Å². The molecule has 0 spiro atoms. The molecule has 0 bridgehead atoms. The van der Waals surface area contributed by atoms with Crippen molar-refractivity contribution in [3.63, 3.8) is 0 Å². The van der Waals surface area contributed by atoms with Crippen molar-refractivity contribution in [2.24, 2.45) is 0 Å². The molecule has 0 radical (unpaired) electrons. The van der Waals surface area contributed by atoms with Gasteiger partial charge >= 0.3 is 7.60 Å². The SMILES string of the molecule is CC(C)OP(=O)(OC(C)C)C(c1ccc(F)cc1)c1ccc(F)cc1. The van der Waals surface area contributed by atoms with Gasteiger partial charge in [0.2, 0.25) is 0 Å². The molecule has 6 heteroatoms. The number of halogens is 2. The zero-order valence-corrected chi connectivity index (χ0v) is 15.7. The third kappa shape index (κ3) is 5.21. The van der Waals surface area contributed by atoms with Gasteiger partial charge in [0.1, 0.15) is 17.3 Å². The van der Waals surface area contributed by atoms with Crippen LogP contribution in [0.2, 0.25) is 0 Å². The molecule has 0 aliphatic heterocycles. The molecule has 0 unspecified atom stereocenters. The molecule has 2 aromatic rings. The van der Waals surface area contributed by atoms with E-state index in [0.717, 1.165) is 0 Å². The van der Waals surface area contributed by atoms with Gasteiger partial charge in [-0.1, -0.05) is 24.3 Å². The lowest BCUT2D eigenvalue weighted by atomic mass is 10.0. The van der Waals surface area contributed by atoms with E-state index in [9.17, 15) is 13.3 Å². The normalized spacial score (nSPS) is 12.4. The van der Waals surface area contributed by atoms with Crippen molar-refractivity contribution < 1.29 is 22.4 Å². The van der Waals surface area contributed by atoms with Crippen molar-refractivity contribution in [2.45, 2.75) is 45.6 Å². The first kappa shape index (κ1) is 19.8. The van der Waals surface area contributed by atoms with E-state index in [1.165, 1.54) is 24.3 Å². The van der Waals surface area contributed by atoms with Crippen LogP contribution in [-0.2, 0) is 13.6 Å². The average molecular weight is 368 g/mol. The molecule has 0 fully saturated rings. The fraction of sp³-hybridized carbons (Fsp3) is 0.368. The van der Waals surface area contributed by atoms with Gasteiger partial charge in [-0.3, -0.25) is 4.57 Å². The highest BCUT2D eigenvalue weighted by atomic mass is 31.2. The summed E-state index contributed by atoms with van der Waals surface area (Å²) in [6.45, 7) is 7.07. The Morgan fingerprint density at radius 1 is 0.720 bits per heavy atom. The van der Waals surface area contributed by atoms with E-state index >= 15 is 0 Å². The number of hydrogen-bond acceptors (Lipinski definition) is 3. The van der Waals surface area contributed by atoms with E-state index in [0.29, 0.717) is 11.1 Å². The summed E-state index contributed by atoms with van der Waals surface area (Å²) in [5.41, 5.74) is 0.383. The maximum Gasteiger partial charge on any atom is 0.342 e. The van der Waals surface area contributed by atoms with E-state index < -0.39 is 24.9 Å². The van der Waals surface area contributed by atoms with Gasteiger partial charge in [-0.05, 0) is 63.1 Å². The first-order chi connectivity index (χ1) is 11.7. The topological polar surface area (TPSA) is 35.5 Å². The summed E-state index contributed by atoms with van der Waals surface area (Å²) >= 11 is 0. The predicted octanol–water partition coefficient (Wildman–Crippen LogP) is 6.10. The van der Waals surface area contributed by atoms with Gasteiger partial charge in [0, 0.05) is 0 Å². The minimum Gasteiger partial charge on any atom is -0.305 e. The minimum atomic E-state index is -3.66. The summed E-state index contributed by atoms with van der Waals surface area (Å²) in [7, 11) is -3.66. The Bertz CT molecular complexity index is 668. The van der Waals surface area contributed by atoms with Gasteiger partial charge in [0.25, 0.3) is 0 Å². The highest BCUT2D eigenvalue weighted by Crippen LogP contribution is 2.64. The predicted molar refractivity (Wildman–Crippen MR) is 94.7 cm³/mol. The Hall–Kier alpha value is -1.55. The fourth-order valence-corrected chi connectivity index (χ4v) is 5.13. The highest BCUT2D eigenvalue weighted by molar-refractivity contribution is 7.54. The van der Waals surface area contributed by atoms with E-state index in [-0.39, 0.29) is 12.2 Å². The second-order valence-corrected chi connectivity index (χ2v) is 8.37. The molecule has 0 aromatic heterocycles. The van der Waals surface area contributed by atoms with E-state index in [4.69, 9.17) is 9.05 Å². The van der Waals surface area contributed by atoms with Crippen molar-refractivity contribution in [1.29, 1.82) is 0 Å². The second-order valence-electron chi connectivity index (χ2n) is 6.35. The van der Waals surface area contributed by atoms with Crippen LogP contribution < -0.4 is 0 Å². The minimum absolute atomic E-state index is 0.340. The van der Waals surface area contributed by atoms with Crippen molar-refractivity contribution >= 4 is 7.60 Å². The summed E-state index contributed by atoms with van der Waals surface area (Å²) in [6, 6.07) is 11.4. The van der Waals surface area contributed by atoms with Crippen molar-refractivity contribution in [3.8, 4) is 0 Å². The first-order valence-electron chi connectivity index (χ1n) is 8.18. The lowest BCUT2D eigenvalue weighted by Gasteiger charge is -2.30. The smallest absolute Gasteiger partial charge is 0.305 e. The van der Waals surface area contributed by atoms with Crippen molar-refractivity contribution in [2.75, 3.05) is 0 Å². The molecular weight excluding hydrogens is 345 g/mol. The third-order valence-electron chi connectivity index (χ3n) is 3.40. The molecular formula is C19H23F2O3P. The molecule has 2 aromatic carbocycles. The first-order valence-corrected chi connectivity index (χ1v) is 9.80. The third-order valence-corrected chi connectivity index (χ3v) is 6.06. The summed E-state index contributed by atoms with van der Waals surface area (Å²) in [5, 5.41) is 0. The standard InChI is InChI=1S/C19H23F2O3P/c1-13(2)23-25(22,24-14(3)4)19(15-5-9-17(20)10-6-15)16-7-11-18(21)12-8-16/h5-14,19H,1-4H3. The second kappa shape index (κ2) is 8.22. The van der Waals surface area contributed by atoms with Crippen LogP contribution in [-0.4, -0.2) is 12.2 Å². The summed E-state index contributed by atoms with van der Waals surface area (Å²) in [5.74, 6) is -0.794. The average Bonchev–Trinajstić information content (AvgIpc) is 2.49. The van der Waals surface area contributed by atoms with Crippen LogP contribution in [0.15, 0.2) is 48.5 Å². The molecule has 0 saturated carbocycles. The van der Waals surface area contributed by atoms with Gasteiger partial charge in [0.15, 0.2) is 0 Å². The molecule has 0 amide bonds. The lowest BCUT2D eigenvalue weighted by Crippen LogP contribution is -2.14. The van der Waals surface area contributed by atoms with Crippen LogP contribution in [0.5, 0.6) is 0 Å². The Morgan fingerprint density at radius 2 is 1.04 bits per heavy atom. The number of rotatable bonds is 7. The molecule has 0 aliphatic rings. The van der Waals surface area contributed by atoms with Crippen LogP contribution in [0.4, 0.5) is 8.78 Å². The van der Waals surface area contributed by atoms with Crippen molar-refractivity contribution in [3.05, 3.63) is 71.3 Å². The number of hydrogen-bond donors (Lipinski definition) is 0. The van der Waals surface area contributed by atoms with Crippen LogP contribution in [0.25, 0.3) is 0 Å². The summed E-state index contributed by atoms with van der Waals surface area (Å²) < 4.78 is 51.8. The maximum absolute atomic E-state index is 13.7. The van der Waals surface area contributed by atoms with Crippen molar-refractivity contribution in [1.82, 2.24) is 0 Å². The Kier molecular flexibility index (Phi) is 6.50. The largest absolute Gasteiger partial charge is 0.342 e. The van der Waals surface area contributed by atoms with Gasteiger partial charge in [-0.2, -0.15) is 0 Å². The van der Waals surface area contributed by atoms with Crippen LogP contribution in [0.1, 0.15) is 44.5 Å². The summed E-state index contributed by atoms with van der Waals surface area (Å²) in [4.78, 5) is 0. The van der Waals surface area contributed by atoms with E-state index in [1.807, 2.05) is 0 Å². The quantitative estimate of drug-likeness (QED) is 0.554. The molecule has 0 saturated heterocycles. The molecule has 136 valence electrons.